The summed E-state index contributed by atoms with van der Waals surface area (Å²) in [5, 5.41) is 0. The van der Waals surface area contributed by atoms with Gasteiger partial charge in [-0.2, -0.15) is 17.0 Å². The Hall–Kier alpha value is -0.210. The van der Waals surface area contributed by atoms with E-state index in [4.69, 9.17) is 10.5 Å². The van der Waals surface area contributed by atoms with E-state index in [9.17, 15) is 8.42 Å². The lowest BCUT2D eigenvalue weighted by molar-refractivity contribution is 0.0695. The first kappa shape index (κ1) is 12.3. The summed E-state index contributed by atoms with van der Waals surface area (Å²) < 4.78 is 32.6. The van der Waals surface area contributed by atoms with Gasteiger partial charge in [-0.25, -0.2) is 0 Å². The van der Waals surface area contributed by atoms with Crippen LogP contribution < -0.4 is 5.73 Å². The minimum absolute atomic E-state index is 0.0236. The first-order valence-electron chi connectivity index (χ1n) is 5.69. The summed E-state index contributed by atoms with van der Waals surface area (Å²) in [4.78, 5) is 0. The van der Waals surface area contributed by atoms with Gasteiger partial charge in [0.05, 0.1) is 13.2 Å². The Balaban J connectivity index is 2.05. The highest BCUT2D eigenvalue weighted by Gasteiger charge is 2.33. The molecule has 2 N–H and O–H groups in total. The van der Waals surface area contributed by atoms with Gasteiger partial charge in [-0.1, -0.05) is 0 Å². The highest BCUT2D eigenvalue weighted by atomic mass is 32.2. The zero-order valence-corrected chi connectivity index (χ0v) is 10.2. The van der Waals surface area contributed by atoms with Gasteiger partial charge in [0, 0.05) is 32.2 Å². The number of morpholine rings is 1. The molecule has 1 unspecified atom stereocenters. The molecule has 0 aromatic heterocycles. The normalized spacial score (nSPS) is 30.4. The smallest absolute Gasteiger partial charge is 0.282 e. The molecule has 2 heterocycles. The zero-order chi connectivity index (χ0) is 11.6. The second-order valence-electron chi connectivity index (χ2n) is 4.28. The van der Waals surface area contributed by atoms with Crippen LogP contribution >= 0.6 is 0 Å². The minimum Gasteiger partial charge on any atom is -0.379 e. The third kappa shape index (κ3) is 2.54. The first-order valence-corrected chi connectivity index (χ1v) is 7.09. The number of hydrogen-bond donors (Lipinski definition) is 1. The Labute approximate surface area is 96.5 Å². The van der Waals surface area contributed by atoms with Crippen LogP contribution in [0.5, 0.6) is 0 Å². The molecular formula is C9H19N3O3S. The molecule has 2 rings (SSSR count). The van der Waals surface area contributed by atoms with Crippen LogP contribution in [0.1, 0.15) is 12.8 Å². The molecular weight excluding hydrogens is 230 g/mol. The summed E-state index contributed by atoms with van der Waals surface area (Å²) in [6.45, 7) is 2.91. The summed E-state index contributed by atoms with van der Waals surface area (Å²) in [7, 11) is -3.31. The molecule has 94 valence electrons. The van der Waals surface area contributed by atoms with Crippen molar-refractivity contribution in [2.75, 3.05) is 39.4 Å². The van der Waals surface area contributed by atoms with E-state index in [2.05, 4.69) is 0 Å². The van der Waals surface area contributed by atoms with E-state index in [0.717, 1.165) is 12.8 Å². The largest absolute Gasteiger partial charge is 0.379 e. The fourth-order valence-corrected chi connectivity index (χ4v) is 3.80. The van der Waals surface area contributed by atoms with Crippen molar-refractivity contribution in [2.24, 2.45) is 5.73 Å². The number of piperidine rings is 1. The number of nitrogens with two attached hydrogens (primary N) is 1. The van der Waals surface area contributed by atoms with E-state index < -0.39 is 10.2 Å². The molecule has 0 radical (unpaired) electrons. The van der Waals surface area contributed by atoms with Crippen molar-refractivity contribution >= 4 is 10.2 Å². The van der Waals surface area contributed by atoms with Crippen molar-refractivity contribution in [2.45, 2.75) is 18.9 Å². The molecule has 2 aliphatic heterocycles. The lowest BCUT2D eigenvalue weighted by Gasteiger charge is -2.35. The third-order valence-electron chi connectivity index (χ3n) is 3.04. The van der Waals surface area contributed by atoms with Gasteiger partial charge in [0.15, 0.2) is 0 Å². The van der Waals surface area contributed by atoms with Crippen LogP contribution in [0.25, 0.3) is 0 Å². The second kappa shape index (κ2) is 4.97. The van der Waals surface area contributed by atoms with E-state index in [0.29, 0.717) is 39.4 Å². The van der Waals surface area contributed by atoms with E-state index in [-0.39, 0.29) is 6.04 Å². The molecule has 0 bridgehead atoms. The number of ether oxygens (including phenoxy) is 1. The highest BCUT2D eigenvalue weighted by Crippen LogP contribution is 2.16. The predicted molar refractivity (Wildman–Crippen MR) is 60.1 cm³/mol. The lowest BCUT2D eigenvalue weighted by Crippen LogP contribution is -2.53. The number of hydrogen-bond acceptors (Lipinski definition) is 4. The van der Waals surface area contributed by atoms with Crippen LogP contribution in [0.4, 0.5) is 0 Å². The molecule has 2 fully saturated rings. The van der Waals surface area contributed by atoms with Gasteiger partial charge in [-0.15, -0.1) is 0 Å². The van der Waals surface area contributed by atoms with E-state index in [1.807, 2.05) is 0 Å². The number of nitrogens with zero attached hydrogens (tertiary/aromatic N) is 2. The van der Waals surface area contributed by atoms with Crippen LogP contribution in [-0.4, -0.2) is 62.5 Å². The Morgan fingerprint density at radius 1 is 1.12 bits per heavy atom. The van der Waals surface area contributed by atoms with E-state index in [1.165, 1.54) is 8.61 Å². The lowest BCUT2D eigenvalue weighted by atomic mass is 10.1. The molecule has 0 amide bonds. The van der Waals surface area contributed by atoms with Gasteiger partial charge in [0.25, 0.3) is 10.2 Å². The Morgan fingerprint density at radius 2 is 1.81 bits per heavy atom. The summed E-state index contributed by atoms with van der Waals surface area (Å²) >= 11 is 0. The second-order valence-corrected chi connectivity index (χ2v) is 6.21. The van der Waals surface area contributed by atoms with Crippen molar-refractivity contribution in [3.05, 3.63) is 0 Å². The Morgan fingerprint density at radius 3 is 2.44 bits per heavy atom. The first-order chi connectivity index (χ1) is 7.60. The highest BCUT2D eigenvalue weighted by molar-refractivity contribution is 7.86. The topological polar surface area (TPSA) is 75.9 Å². The molecule has 2 saturated heterocycles. The predicted octanol–water partition coefficient (Wildman–Crippen LogP) is -1.01. The van der Waals surface area contributed by atoms with E-state index in [1.54, 1.807) is 0 Å². The SMILES string of the molecule is NC1CCCN(S(=O)(=O)N2CCOCC2)C1. The van der Waals surface area contributed by atoms with Crippen molar-refractivity contribution < 1.29 is 13.2 Å². The standard InChI is InChI=1S/C9H19N3O3S/c10-9-2-1-3-12(8-9)16(13,14)11-4-6-15-7-5-11/h9H,1-8,10H2. The third-order valence-corrected chi connectivity index (χ3v) is 5.05. The van der Waals surface area contributed by atoms with Crippen LogP contribution in [-0.2, 0) is 14.9 Å². The van der Waals surface area contributed by atoms with Crippen LogP contribution in [0, 0.1) is 0 Å². The monoisotopic (exact) mass is 249 g/mol. The zero-order valence-electron chi connectivity index (χ0n) is 9.34. The Kier molecular flexibility index (Phi) is 3.81. The fourth-order valence-electron chi connectivity index (χ4n) is 2.12. The molecule has 0 spiro atoms. The molecule has 16 heavy (non-hydrogen) atoms. The molecule has 1 atom stereocenters. The maximum atomic E-state index is 12.2. The van der Waals surface area contributed by atoms with Crippen LogP contribution in [0.3, 0.4) is 0 Å². The molecule has 0 aromatic carbocycles. The van der Waals surface area contributed by atoms with Crippen LogP contribution in [0.15, 0.2) is 0 Å². The molecule has 2 aliphatic rings. The summed E-state index contributed by atoms with van der Waals surface area (Å²) in [6, 6.07) is -0.0236. The molecule has 0 aromatic rings. The minimum atomic E-state index is -3.31. The molecule has 0 saturated carbocycles. The van der Waals surface area contributed by atoms with Gasteiger partial charge >= 0.3 is 0 Å². The van der Waals surface area contributed by atoms with Gasteiger partial charge in [0.1, 0.15) is 0 Å². The summed E-state index contributed by atoms with van der Waals surface area (Å²) in [6.07, 6.45) is 1.76. The van der Waals surface area contributed by atoms with Crippen molar-refractivity contribution in [3.8, 4) is 0 Å². The van der Waals surface area contributed by atoms with Gasteiger partial charge in [-0.3, -0.25) is 0 Å². The quantitative estimate of drug-likeness (QED) is 0.680. The fraction of sp³-hybridized carbons (Fsp3) is 1.00. The maximum absolute atomic E-state index is 12.2. The van der Waals surface area contributed by atoms with Gasteiger partial charge < -0.3 is 10.5 Å². The average molecular weight is 249 g/mol. The molecule has 6 nitrogen and oxygen atoms in total. The van der Waals surface area contributed by atoms with Crippen LogP contribution in [0.2, 0.25) is 0 Å². The van der Waals surface area contributed by atoms with Crippen molar-refractivity contribution in [1.29, 1.82) is 0 Å². The van der Waals surface area contributed by atoms with Gasteiger partial charge in [-0.05, 0) is 12.8 Å². The summed E-state index contributed by atoms with van der Waals surface area (Å²) in [5.74, 6) is 0. The van der Waals surface area contributed by atoms with Crippen molar-refractivity contribution in [3.63, 3.8) is 0 Å². The Bertz CT molecular complexity index is 327. The van der Waals surface area contributed by atoms with Crippen molar-refractivity contribution in [1.82, 2.24) is 8.61 Å². The summed E-state index contributed by atoms with van der Waals surface area (Å²) in [5.41, 5.74) is 5.80. The maximum Gasteiger partial charge on any atom is 0.282 e. The molecule has 7 heteroatoms. The average Bonchev–Trinajstić information content (AvgIpc) is 2.30. The van der Waals surface area contributed by atoms with Gasteiger partial charge in [0.2, 0.25) is 0 Å². The number of rotatable bonds is 2. The molecule has 0 aliphatic carbocycles. The van der Waals surface area contributed by atoms with E-state index >= 15 is 0 Å².